The number of unbranched alkanes of at least 4 members (excludes halogenated alkanes) is 3. The van der Waals surface area contributed by atoms with Gasteiger partial charge in [0.15, 0.2) is 5.08 Å². The fourth-order valence-corrected chi connectivity index (χ4v) is 2.76. The highest BCUT2D eigenvalue weighted by molar-refractivity contribution is 9.09. The zero-order chi connectivity index (χ0) is 12.2. The molecular weight excluding hydrogens is 266 g/mol. The maximum atomic E-state index is 4.45. The van der Waals surface area contributed by atoms with Crippen LogP contribution in [0, 0.1) is 0 Å². The van der Waals surface area contributed by atoms with Crippen LogP contribution in [0.5, 0.6) is 0 Å². The molecule has 1 aliphatic rings. The van der Waals surface area contributed by atoms with Crippen LogP contribution in [0.1, 0.15) is 53.4 Å². The summed E-state index contributed by atoms with van der Waals surface area (Å²) in [5, 5.41) is 6.79. The van der Waals surface area contributed by atoms with E-state index < -0.39 is 0 Å². The van der Waals surface area contributed by atoms with E-state index >= 15 is 0 Å². The second kappa shape index (κ2) is 5.89. The largest absolute Gasteiger partial charge is 0.326 e. The van der Waals surface area contributed by atoms with Gasteiger partial charge >= 0.3 is 0 Å². The van der Waals surface area contributed by atoms with Gasteiger partial charge in [-0.25, -0.2) is 0 Å². The molecule has 0 aromatic carbocycles. The van der Waals surface area contributed by atoms with Crippen molar-refractivity contribution in [1.82, 2.24) is 9.91 Å². The summed E-state index contributed by atoms with van der Waals surface area (Å²) in [5.41, 5.74) is 0.121. The molecule has 94 valence electrons. The monoisotopic (exact) mass is 289 g/mol. The number of hydrazone groups is 1. The number of hydrogen-bond donors (Lipinski definition) is 0. The molecule has 0 aliphatic carbocycles. The molecule has 1 unspecified atom stereocenters. The summed E-state index contributed by atoms with van der Waals surface area (Å²) in [6.07, 6.45) is 7.09. The van der Waals surface area contributed by atoms with E-state index in [2.05, 4.69) is 58.6 Å². The van der Waals surface area contributed by atoms with Crippen molar-refractivity contribution in [2.24, 2.45) is 5.10 Å². The van der Waals surface area contributed by atoms with Crippen LogP contribution in [-0.4, -0.2) is 33.4 Å². The lowest BCUT2D eigenvalue weighted by atomic mass is 10.1. The van der Waals surface area contributed by atoms with Crippen LogP contribution in [0.15, 0.2) is 5.10 Å². The predicted octanol–water partition coefficient (Wildman–Crippen LogP) is 3.60. The topological polar surface area (TPSA) is 18.8 Å². The maximum absolute atomic E-state index is 4.45. The van der Waals surface area contributed by atoms with E-state index in [9.17, 15) is 0 Å². The fraction of sp³-hybridized carbons (Fsp3) is 0.917. The van der Waals surface area contributed by atoms with Crippen molar-refractivity contribution in [2.45, 2.75) is 64.0 Å². The Kier molecular flexibility index (Phi) is 5.09. The van der Waals surface area contributed by atoms with Gasteiger partial charge in [0, 0.05) is 12.1 Å². The van der Waals surface area contributed by atoms with Gasteiger partial charge in [-0.1, -0.05) is 26.2 Å². The Morgan fingerprint density at radius 3 is 2.44 bits per heavy atom. The molecule has 0 radical (unpaired) electrons. The van der Waals surface area contributed by atoms with Crippen LogP contribution in [0.25, 0.3) is 0 Å². The minimum absolute atomic E-state index is 0.121. The molecule has 0 N–H and O–H groups in total. The zero-order valence-electron chi connectivity index (χ0n) is 10.9. The van der Waals surface area contributed by atoms with Crippen molar-refractivity contribution in [3.8, 4) is 0 Å². The van der Waals surface area contributed by atoms with Gasteiger partial charge in [-0.05, 0) is 43.1 Å². The third kappa shape index (κ3) is 3.65. The minimum Gasteiger partial charge on any atom is -0.326 e. The Bertz CT molecular complexity index is 235. The van der Waals surface area contributed by atoms with Crippen molar-refractivity contribution < 1.29 is 0 Å². The van der Waals surface area contributed by atoms with Crippen molar-refractivity contribution in [3.05, 3.63) is 0 Å². The van der Waals surface area contributed by atoms with Crippen LogP contribution in [0.4, 0.5) is 0 Å². The molecule has 0 fully saturated rings. The molecule has 0 saturated heterocycles. The van der Waals surface area contributed by atoms with Gasteiger partial charge in [0.2, 0.25) is 0 Å². The highest BCUT2D eigenvalue weighted by Crippen LogP contribution is 2.26. The summed E-state index contributed by atoms with van der Waals surface area (Å²) in [6, 6.07) is 0. The van der Waals surface area contributed by atoms with Crippen molar-refractivity contribution in [3.63, 3.8) is 0 Å². The lowest BCUT2D eigenvalue weighted by Gasteiger charge is -2.35. The van der Waals surface area contributed by atoms with E-state index in [0.29, 0.717) is 0 Å². The maximum Gasteiger partial charge on any atom is 0.176 e. The van der Waals surface area contributed by atoms with Crippen molar-refractivity contribution in [2.75, 3.05) is 6.54 Å². The Balaban J connectivity index is 2.34. The van der Waals surface area contributed by atoms with Crippen LogP contribution in [0.2, 0.25) is 0 Å². The normalized spacial score (nSPS) is 20.9. The van der Waals surface area contributed by atoms with Gasteiger partial charge in [0.1, 0.15) is 6.34 Å². The average molecular weight is 290 g/mol. The second-order valence-electron chi connectivity index (χ2n) is 5.34. The molecule has 4 heteroatoms. The highest BCUT2D eigenvalue weighted by Gasteiger charge is 2.32. The Hall–Kier alpha value is -0.250. The summed E-state index contributed by atoms with van der Waals surface area (Å²) in [7, 11) is 0. The minimum atomic E-state index is 0.121. The highest BCUT2D eigenvalue weighted by atomic mass is 79.9. The molecule has 1 aliphatic heterocycles. The first-order valence-corrected chi connectivity index (χ1v) is 7.11. The van der Waals surface area contributed by atoms with E-state index in [1.54, 1.807) is 0 Å². The van der Waals surface area contributed by atoms with E-state index in [1.807, 2.05) is 6.34 Å². The van der Waals surface area contributed by atoms with Gasteiger partial charge in [-0.15, -0.1) is 0 Å². The van der Waals surface area contributed by atoms with Crippen molar-refractivity contribution in [1.29, 1.82) is 0 Å². The number of nitrogens with zero attached hydrogens (tertiary/aromatic N) is 3. The summed E-state index contributed by atoms with van der Waals surface area (Å²) >= 11 is 3.70. The molecule has 3 nitrogen and oxygen atoms in total. The number of alkyl halides is 1. The average Bonchev–Trinajstić information content (AvgIpc) is 2.54. The summed E-state index contributed by atoms with van der Waals surface area (Å²) in [4.78, 5) is 2.24. The number of rotatable bonds is 5. The van der Waals surface area contributed by atoms with Gasteiger partial charge in [0.25, 0.3) is 0 Å². The fourth-order valence-electron chi connectivity index (χ4n) is 1.73. The molecule has 0 amide bonds. The standard InChI is InChI=1S/C12H24BrN3/c1-5-6-7-8-9-16-11(13)15(10-14-16)12(2,3)4/h10-11H,5-9H2,1-4H3. The SMILES string of the molecule is CCCCCCN1N=CN(C(C)(C)C)C1Br. The number of hydrogen-bond acceptors (Lipinski definition) is 3. The zero-order valence-corrected chi connectivity index (χ0v) is 12.5. The first-order chi connectivity index (χ1) is 7.46. The molecule has 1 atom stereocenters. The number of halogens is 1. The predicted molar refractivity (Wildman–Crippen MR) is 73.6 cm³/mol. The molecule has 0 aromatic rings. The molecule has 0 bridgehead atoms. The molecule has 0 saturated carbocycles. The van der Waals surface area contributed by atoms with E-state index in [4.69, 9.17) is 0 Å². The Morgan fingerprint density at radius 2 is 1.94 bits per heavy atom. The first kappa shape index (κ1) is 13.8. The lowest BCUT2D eigenvalue weighted by Crippen LogP contribution is -2.46. The Labute approximate surface area is 108 Å². The molecule has 1 rings (SSSR count). The van der Waals surface area contributed by atoms with Crippen molar-refractivity contribution >= 4 is 22.3 Å². The quantitative estimate of drug-likeness (QED) is 0.437. The summed E-state index contributed by atoms with van der Waals surface area (Å²) < 4.78 is 0. The van der Waals surface area contributed by atoms with Gasteiger partial charge in [0.05, 0.1) is 0 Å². The van der Waals surface area contributed by atoms with Crippen LogP contribution in [-0.2, 0) is 0 Å². The van der Waals surface area contributed by atoms with Gasteiger partial charge in [-0.2, -0.15) is 5.10 Å². The first-order valence-electron chi connectivity index (χ1n) is 6.20. The van der Waals surface area contributed by atoms with Gasteiger partial charge in [-0.3, -0.25) is 5.01 Å². The summed E-state index contributed by atoms with van der Waals surface area (Å²) in [6.45, 7) is 9.89. The molecule has 16 heavy (non-hydrogen) atoms. The summed E-state index contributed by atoms with van der Waals surface area (Å²) in [5.74, 6) is 0. The Morgan fingerprint density at radius 1 is 1.25 bits per heavy atom. The van der Waals surface area contributed by atoms with E-state index in [1.165, 1.54) is 25.7 Å². The smallest absolute Gasteiger partial charge is 0.176 e. The second-order valence-corrected chi connectivity index (χ2v) is 6.16. The van der Waals surface area contributed by atoms with Gasteiger partial charge < -0.3 is 4.90 Å². The lowest BCUT2D eigenvalue weighted by molar-refractivity contribution is 0.142. The molecule has 0 aromatic heterocycles. The van der Waals surface area contributed by atoms with Crippen LogP contribution >= 0.6 is 15.9 Å². The molecule has 0 spiro atoms. The molecule has 1 heterocycles. The molecular formula is C12H24BrN3. The third-order valence-electron chi connectivity index (χ3n) is 2.82. The third-order valence-corrected chi connectivity index (χ3v) is 3.73. The van der Waals surface area contributed by atoms with Crippen LogP contribution < -0.4 is 0 Å². The van der Waals surface area contributed by atoms with E-state index in [0.717, 1.165) is 6.54 Å². The van der Waals surface area contributed by atoms with E-state index in [-0.39, 0.29) is 10.6 Å². The van der Waals surface area contributed by atoms with Crippen LogP contribution in [0.3, 0.4) is 0 Å².